The first-order valence-corrected chi connectivity index (χ1v) is 9.17. The maximum absolute atomic E-state index is 6.06. The lowest BCUT2D eigenvalue weighted by molar-refractivity contribution is -0.266. The molecule has 3 nitrogen and oxygen atoms in total. The lowest BCUT2D eigenvalue weighted by Crippen LogP contribution is -2.40. The molecule has 0 N–H and O–H groups in total. The van der Waals surface area contributed by atoms with E-state index in [0.29, 0.717) is 12.5 Å². The van der Waals surface area contributed by atoms with Crippen LogP contribution in [0.2, 0.25) is 0 Å². The van der Waals surface area contributed by atoms with Gasteiger partial charge in [0.25, 0.3) is 0 Å². The van der Waals surface area contributed by atoms with E-state index in [0.717, 1.165) is 25.4 Å². The molecular formula is C20H32O3. The predicted octanol–water partition coefficient (Wildman–Crippen LogP) is 5.29. The summed E-state index contributed by atoms with van der Waals surface area (Å²) < 4.78 is 17.6. The molecule has 0 unspecified atom stereocenters. The van der Waals surface area contributed by atoms with Crippen molar-refractivity contribution in [3.8, 4) is 5.75 Å². The van der Waals surface area contributed by atoms with Gasteiger partial charge in [0.2, 0.25) is 0 Å². The van der Waals surface area contributed by atoms with Gasteiger partial charge in [-0.2, -0.15) is 0 Å². The second kappa shape index (κ2) is 9.29. The third-order valence-electron chi connectivity index (χ3n) is 4.58. The molecule has 1 aromatic carbocycles. The topological polar surface area (TPSA) is 27.7 Å². The van der Waals surface area contributed by atoms with Gasteiger partial charge in [0.05, 0.1) is 19.8 Å². The first-order chi connectivity index (χ1) is 11.2. The zero-order valence-electron chi connectivity index (χ0n) is 15.0. The second-order valence-electron chi connectivity index (χ2n) is 6.62. The van der Waals surface area contributed by atoms with Crippen LogP contribution >= 0.6 is 0 Å². The third-order valence-corrected chi connectivity index (χ3v) is 4.58. The maximum atomic E-state index is 6.06. The van der Waals surface area contributed by atoms with E-state index in [2.05, 4.69) is 26.0 Å². The molecule has 0 saturated carbocycles. The van der Waals surface area contributed by atoms with E-state index in [1.54, 1.807) is 0 Å². The van der Waals surface area contributed by atoms with Gasteiger partial charge in [-0.15, -0.1) is 0 Å². The monoisotopic (exact) mass is 320 g/mol. The Bertz CT molecular complexity index is 433. The van der Waals surface area contributed by atoms with Crippen molar-refractivity contribution in [2.45, 2.75) is 71.0 Å². The Balaban J connectivity index is 1.76. The van der Waals surface area contributed by atoms with Crippen molar-refractivity contribution in [2.75, 3.05) is 19.8 Å². The molecule has 0 radical (unpaired) electrons. The first-order valence-electron chi connectivity index (χ1n) is 9.17. The van der Waals surface area contributed by atoms with Gasteiger partial charge in [0.15, 0.2) is 5.79 Å². The third kappa shape index (κ3) is 5.82. The Morgan fingerprint density at radius 1 is 1.00 bits per heavy atom. The highest BCUT2D eigenvalue weighted by Crippen LogP contribution is 2.31. The van der Waals surface area contributed by atoms with Crippen molar-refractivity contribution in [3.63, 3.8) is 0 Å². The number of unbranched alkanes of at least 4 members (excludes halogenated alkanes) is 4. The summed E-state index contributed by atoms with van der Waals surface area (Å²) in [7, 11) is 0. The lowest BCUT2D eigenvalue weighted by atomic mass is 9.98. The van der Waals surface area contributed by atoms with E-state index >= 15 is 0 Å². The summed E-state index contributed by atoms with van der Waals surface area (Å²) in [6.45, 7) is 8.50. The van der Waals surface area contributed by atoms with Crippen LogP contribution in [0.4, 0.5) is 0 Å². The van der Waals surface area contributed by atoms with Crippen molar-refractivity contribution in [3.05, 3.63) is 29.8 Å². The fraction of sp³-hybridized carbons (Fsp3) is 0.700. The van der Waals surface area contributed by atoms with Crippen LogP contribution in [0.5, 0.6) is 5.75 Å². The Morgan fingerprint density at radius 2 is 1.65 bits per heavy atom. The van der Waals surface area contributed by atoms with Gasteiger partial charge in [0, 0.05) is 12.3 Å². The molecular weight excluding hydrogens is 288 g/mol. The van der Waals surface area contributed by atoms with Crippen molar-refractivity contribution in [1.29, 1.82) is 0 Å². The van der Waals surface area contributed by atoms with Gasteiger partial charge < -0.3 is 14.2 Å². The standard InChI is InChI=1S/C20H32O3/c1-4-6-7-8-9-14-20(3)22-15-18(16-23-20)17-10-12-19(13-11-17)21-5-2/h10-13,18H,4-9,14-16H2,1-3H3. The Labute approximate surface area is 141 Å². The highest BCUT2D eigenvalue weighted by molar-refractivity contribution is 5.29. The van der Waals surface area contributed by atoms with E-state index in [1.165, 1.54) is 37.7 Å². The maximum Gasteiger partial charge on any atom is 0.165 e. The number of hydrogen-bond acceptors (Lipinski definition) is 3. The SMILES string of the molecule is CCCCCCCC1(C)OCC(c2ccc(OCC)cc2)CO1. The van der Waals surface area contributed by atoms with Gasteiger partial charge in [-0.3, -0.25) is 0 Å². The van der Waals surface area contributed by atoms with Crippen LogP contribution in [-0.2, 0) is 9.47 Å². The second-order valence-corrected chi connectivity index (χ2v) is 6.62. The molecule has 0 aromatic heterocycles. The van der Waals surface area contributed by atoms with E-state index in [-0.39, 0.29) is 0 Å². The van der Waals surface area contributed by atoms with Crippen LogP contribution in [0.3, 0.4) is 0 Å². The summed E-state index contributed by atoms with van der Waals surface area (Å²) in [6, 6.07) is 8.30. The smallest absolute Gasteiger partial charge is 0.165 e. The van der Waals surface area contributed by atoms with Gasteiger partial charge in [-0.05, 0) is 38.0 Å². The fourth-order valence-electron chi connectivity index (χ4n) is 3.03. The number of rotatable bonds is 9. The van der Waals surface area contributed by atoms with Crippen LogP contribution in [0.15, 0.2) is 24.3 Å². The van der Waals surface area contributed by atoms with E-state index < -0.39 is 5.79 Å². The Kier molecular flexibility index (Phi) is 7.38. The molecule has 0 atom stereocenters. The highest BCUT2D eigenvalue weighted by Gasteiger charge is 2.33. The minimum Gasteiger partial charge on any atom is -0.494 e. The van der Waals surface area contributed by atoms with E-state index in [1.807, 2.05) is 19.1 Å². The van der Waals surface area contributed by atoms with E-state index in [4.69, 9.17) is 14.2 Å². The summed E-state index contributed by atoms with van der Waals surface area (Å²) in [6.07, 6.45) is 7.39. The quantitative estimate of drug-likeness (QED) is 0.578. The number of hydrogen-bond donors (Lipinski definition) is 0. The molecule has 1 saturated heterocycles. The normalized spacial score (nSPS) is 24.6. The summed E-state index contributed by atoms with van der Waals surface area (Å²) in [4.78, 5) is 0. The van der Waals surface area contributed by atoms with Gasteiger partial charge in [-0.1, -0.05) is 44.7 Å². The zero-order chi connectivity index (χ0) is 16.5. The molecule has 0 amide bonds. The predicted molar refractivity (Wildman–Crippen MR) is 94.0 cm³/mol. The van der Waals surface area contributed by atoms with Gasteiger partial charge in [-0.25, -0.2) is 0 Å². The van der Waals surface area contributed by atoms with Gasteiger partial charge in [0.1, 0.15) is 5.75 Å². The summed E-state index contributed by atoms with van der Waals surface area (Å²) >= 11 is 0. The van der Waals surface area contributed by atoms with Crippen LogP contribution in [0, 0.1) is 0 Å². The van der Waals surface area contributed by atoms with Crippen LogP contribution in [0.1, 0.15) is 70.8 Å². The van der Waals surface area contributed by atoms with Crippen LogP contribution in [0.25, 0.3) is 0 Å². The molecule has 1 aliphatic rings. The molecule has 0 aliphatic carbocycles. The minimum atomic E-state index is -0.395. The first kappa shape index (κ1) is 18.3. The summed E-state index contributed by atoms with van der Waals surface area (Å²) in [5.41, 5.74) is 1.26. The van der Waals surface area contributed by atoms with E-state index in [9.17, 15) is 0 Å². The largest absolute Gasteiger partial charge is 0.494 e. The molecule has 0 spiro atoms. The summed E-state index contributed by atoms with van der Waals surface area (Å²) in [5, 5.41) is 0. The Morgan fingerprint density at radius 3 is 2.26 bits per heavy atom. The molecule has 1 fully saturated rings. The molecule has 1 aromatic rings. The number of benzene rings is 1. The summed E-state index contributed by atoms with van der Waals surface area (Å²) in [5.74, 6) is 0.846. The van der Waals surface area contributed by atoms with Crippen LogP contribution < -0.4 is 4.74 Å². The van der Waals surface area contributed by atoms with Crippen LogP contribution in [-0.4, -0.2) is 25.6 Å². The average molecular weight is 320 g/mol. The fourth-order valence-corrected chi connectivity index (χ4v) is 3.03. The lowest BCUT2D eigenvalue weighted by Gasteiger charge is -2.38. The van der Waals surface area contributed by atoms with Crippen molar-refractivity contribution in [2.24, 2.45) is 0 Å². The Hall–Kier alpha value is -1.06. The highest BCUT2D eigenvalue weighted by atomic mass is 16.7. The van der Waals surface area contributed by atoms with Crippen molar-refractivity contribution >= 4 is 0 Å². The molecule has 1 aliphatic heterocycles. The molecule has 2 rings (SSSR count). The molecule has 0 bridgehead atoms. The van der Waals surface area contributed by atoms with Crippen molar-refractivity contribution < 1.29 is 14.2 Å². The average Bonchev–Trinajstić information content (AvgIpc) is 2.57. The minimum absolute atomic E-state index is 0.318. The molecule has 1 heterocycles. The molecule has 23 heavy (non-hydrogen) atoms. The van der Waals surface area contributed by atoms with Crippen molar-refractivity contribution in [1.82, 2.24) is 0 Å². The van der Waals surface area contributed by atoms with Gasteiger partial charge >= 0.3 is 0 Å². The molecule has 3 heteroatoms. The molecule has 130 valence electrons. The zero-order valence-corrected chi connectivity index (χ0v) is 15.0. The number of ether oxygens (including phenoxy) is 3.